The second kappa shape index (κ2) is 7.11. The Hall–Kier alpha value is -2.04. The van der Waals surface area contributed by atoms with E-state index in [1.165, 1.54) is 4.90 Å². The van der Waals surface area contributed by atoms with Gasteiger partial charge in [-0.05, 0) is 31.2 Å². The summed E-state index contributed by atoms with van der Waals surface area (Å²) in [6, 6.07) is 8.59. The summed E-state index contributed by atoms with van der Waals surface area (Å²) in [5, 5.41) is 9.39. The first-order valence-electron chi connectivity index (χ1n) is 7.33. The number of carboxylic acids is 1. The molecule has 0 spiro atoms. The number of likely N-dealkylation sites (N-methyl/N-ethyl adjacent to an activating group) is 1. The third-order valence-electron chi connectivity index (χ3n) is 3.97. The topological polar surface area (TPSA) is 66.8 Å². The van der Waals surface area contributed by atoms with Crippen molar-refractivity contribution < 1.29 is 19.4 Å². The molecule has 0 saturated heterocycles. The lowest BCUT2D eigenvalue weighted by Gasteiger charge is -2.37. The highest BCUT2D eigenvalue weighted by molar-refractivity contribution is 5.80. The lowest BCUT2D eigenvalue weighted by molar-refractivity contribution is -0.146. The molecule has 21 heavy (non-hydrogen) atoms. The Morgan fingerprint density at radius 1 is 1.33 bits per heavy atom. The molecule has 0 aliphatic heterocycles. The largest absolute Gasteiger partial charge is 0.480 e. The van der Waals surface area contributed by atoms with Crippen LogP contribution >= 0.6 is 0 Å². The SMILES string of the molecule is CCN(C(=O)OCc1ccccc1)C(C(=O)O)C1CCC1. The maximum atomic E-state index is 12.2. The predicted molar refractivity (Wildman–Crippen MR) is 77.8 cm³/mol. The molecule has 114 valence electrons. The molecule has 1 aliphatic carbocycles. The van der Waals surface area contributed by atoms with Gasteiger partial charge in [0.15, 0.2) is 0 Å². The fourth-order valence-corrected chi connectivity index (χ4v) is 2.59. The van der Waals surface area contributed by atoms with Crippen LogP contribution in [0.2, 0.25) is 0 Å². The minimum atomic E-state index is -0.946. The first kappa shape index (κ1) is 15.4. The van der Waals surface area contributed by atoms with Gasteiger partial charge in [-0.3, -0.25) is 4.90 Å². The summed E-state index contributed by atoms with van der Waals surface area (Å²) in [6.45, 7) is 2.27. The zero-order valence-corrected chi connectivity index (χ0v) is 12.2. The van der Waals surface area contributed by atoms with Gasteiger partial charge in [0.05, 0.1) is 0 Å². The molecule has 1 aliphatic rings. The van der Waals surface area contributed by atoms with E-state index in [1.54, 1.807) is 6.92 Å². The van der Waals surface area contributed by atoms with Crippen LogP contribution in [0, 0.1) is 5.92 Å². The molecule has 1 fully saturated rings. The number of benzene rings is 1. The highest BCUT2D eigenvalue weighted by Crippen LogP contribution is 2.32. The van der Waals surface area contributed by atoms with Gasteiger partial charge in [-0.15, -0.1) is 0 Å². The summed E-state index contributed by atoms with van der Waals surface area (Å²) in [4.78, 5) is 25.0. The third-order valence-corrected chi connectivity index (χ3v) is 3.97. The van der Waals surface area contributed by atoms with Crippen molar-refractivity contribution in [2.45, 2.75) is 38.8 Å². The van der Waals surface area contributed by atoms with Crippen LogP contribution in [0.3, 0.4) is 0 Å². The van der Waals surface area contributed by atoms with Crippen LogP contribution in [0.1, 0.15) is 31.7 Å². The average Bonchev–Trinajstić information content (AvgIpc) is 2.43. The van der Waals surface area contributed by atoms with Crippen LogP contribution in [-0.4, -0.2) is 34.7 Å². The fraction of sp³-hybridized carbons (Fsp3) is 0.500. The molecule has 1 saturated carbocycles. The molecule has 1 aromatic rings. The zero-order valence-electron chi connectivity index (χ0n) is 12.2. The number of aliphatic carboxylic acids is 1. The second-order valence-corrected chi connectivity index (χ2v) is 5.30. The zero-order chi connectivity index (χ0) is 15.2. The van der Waals surface area contributed by atoms with Gasteiger partial charge < -0.3 is 9.84 Å². The maximum absolute atomic E-state index is 12.2. The maximum Gasteiger partial charge on any atom is 0.410 e. The number of rotatable bonds is 6. The second-order valence-electron chi connectivity index (χ2n) is 5.30. The normalized spacial score (nSPS) is 15.9. The van der Waals surface area contributed by atoms with Gasteiger partial charge >= 0.3 is 12.1 Å². The first-order chi connectivity index (χ1) is 10.1. The van der Waals surface area contributed by atoms with Crippen molar-refractivity contribution in [2.24, 2.45) is 5.92 Å². The summed E-state index contributed by atoms with van der Waals surface area (Å²) in [7, 11) is 0. The summed E-state index contributed by atoms with van der Waals surface area (Å²) < 4.78 is 5.25. The van der Waals surface area contributed by atoms with E-state index >= 15 is 0 Å². The summed E-state index contributed by atoms with van der Waals surface area (Å²) in [6.07, 6.45) is 2.20. The molecular formula is C16H21NO4. The molecule has 0 radical (unpaired) electrons. The predicted octanol–water partition coefficient (Wildman–Crippen LogP) is 2.90. The Kier molecular flexibility index (Phi) is 5.20. The highest BCUT2D eigenvalue weighted by atomic mass is 16.6. The fourth-order valence-electron chi connectivity index (χ4n) is 2.59. The quantitative estimate of drug-likeness (QED) is 0.875. The van der Waals surface area contributed by atoms with Crippen molar-refractivity contribution in [3.8, 4) is 0 Å². The van der Waals surface area contributed by atoms with Crippen molar-refractivity contribution in [3.05, 3.63) is 35.9 Å². The Balaban J connectivity index is 1.98. The van der Waals surface area contributed by atoms with Crippen LogP contribution in [0.5, 0.6) is 0 Å². The number of carbonyl (C=O) groups excluding carboxylic acids is 1. The lowest BCUT2D eigenvalue weighted by atomic mass is 9.79. The van der Waals surface area contributed by atoms with Gasteiger partial charge in [0.25, 0.3) is 0 Å². The standard InChI is InChI=1S/C16H21NO4/c1-2-17(14(15(18)19)13-9-6-10-13)16(20)21-11-12-7-4-3-5-8-12/h3-5,7-8,13-14H,2,6,9-11H2,1H3,(H,18,19). The summed E-state index contributed by atoms with van der Waals surface area (Å²) in [5.41, 5.74) is 0.887. The van der Waals surface area contributed by atoms with E-state index in [1.807, 2.05) is 30.3 Å². The Labute approximate surface area is 124 Å². The molecule has 1 amide bonds. The van der Waals surface area contributed by atoms with Gasteiger partial charge in [-0.1, -0.05) is 36.8 Å². The highest BCUT2D eigenvalue weighted by Gasteiger charge is 2.39. The monoisotopic (exact) mass is 291 g/mol. The average molecular weight is 291 g/mol. The Morgan fingerprint density at radius 3 is 2.48 bits per heavy atom. The molecule has 1 N–H and O–H groups in total. The number of amides is 1. The van der Waals surface area contributed by atoms with E-state index in [9.17, 15) is 14.7 Å². The number of ether oxygens (including phenoxy) is 1. The lowest BCUT2D eigenvalue weighted by Crippen LogP contribution is -2.51. The van der Waals surface area contributed by atoms with Gasteiger partial charge in [0.2, 0.25) is 0 Å². The first-order valence-corrected chi connectivity index (χ1v) is 7.33. The van der Waals surface area contributed by atoms with Gasteiger partial charge in [0, 0.05) is 6.54 Å². The van der Waals surface area contributed by atoms with E-state index < -0.39 is 18.1 Å². The van der Waals surface area contributed by atoms with Crippen molar-refractivity contribution in [1.82, 2.24) is 4.90 Å². The number of hydrogen-bond acceptors (Lipinski definition) is 3. The number of carbonyl (C=O) groups is 2. The van der Waals surface area contributed by atoms with Crippen LogP contribution in [0.4, 0.5) is 4.79 Å². The molecule has 1 unspecified atom stereocenters. The molecule has 0 bridgehead atoms. The van der Waals surface area contributed by atoms with Crippen molar-refractivity contribution in [3.63, 3.8) is 0 Å². The Morgan fingerprint density at radius 2 is 2.00 bits per heavy atom. The molecule has 5 nitrogen and oxygen atoms in total. The smallest absolute Gasteiger partial charge is 0.410 e. The van der Waals surface area contributed by atoms with Gasteiger partial charge in [-0.2, -0.15) is 0 Å². The van der Waals surface area contributed by atoms with E-state index in [0.29, 0.717) is 6.54 Å². The molecule has 1 aromatic carbocycles. The molecule has 5 heteroatoms. The molecule has 1 atom stereocenters. The number of carboxylic acid groups (broad SMARTS) is 1. The summed E-state index contributed by atoms with van der Waals surface area (Å²) in [5.74, 6) is -0.898. The number of nitrogens with zero attached hydrogens (tertiary/aromatic N) is 1. The molecule has 0 heterocycles. The van der Waals surface area contributed by atoms with Crippen molar-refractivity contribution >= 4 is 12.1 Å². The van der Waals surface area contributed by atoms with Crippen LogP contribution in [-0.2, 0) is 16.1 Å². The molecule has 0 aromatic heterocycles. The minimum absolute atomic E-state index is 0.0479. The third kappa shape index (κ3) is 3.74. The molecule has 2 rings (SSSR count). The number of hydrogen-bond donors (Lipinski definition) is 1. The van der Waals surface area contributed by atoms with Gasteiger partial charge in [-0.25, -0.2) is 9.59 Å². The van der Waals surface area contributed by atoms with Crippen molar-refractivity contribution in [1.29, 1.82) is 0 Å². The van der Waals surface area contributed by atoms with E-state index in [-0.39, 0.29) is 12.5 Å². The minimum Gasteiger partial charge on any atom is -0.480 e. The Bertz CT molecular complexity index is 484. The van der Waals surface area contributed by atoms with Crippen LogP contribution < -0.4 is 0 Å². The van der Waals surface area contributed by atoms with Gasteiger partial charge in [0.1, 0.15) is 12.6 Å². The van der Waals surface area contributed by atoms with E-state index in [0.717, 1.165) is 24.8 Å². The summed E-state index contributed by atoms with van der Waals surface area (Å²) >= 11 is 0. The van der Waals surface area contributed by atoms with Crippen LogP contribution in [0.15, 0.2) is 30.3 Å². The van der Waals surface area contributed by atoms with E-state index in [2.05, 4.69) is 0 Å². The van der Waals surface area contributed by atoms with Crippen LogP contribution in [0.25, 0.3) is 0 Å². The van der Waals surface area contributed by atoms with E-state index in [4.69, 9.17) is 4.74 Å². The van der Waals surface area contributed by atoms with Crippen molar-refractivity contribution in [2.75, 3.05) is 6.54 Å². The molecular weight excluding hydrogens is 270 g/mol.